The summed E-state index contributed by atoms with van der Waals surface area (Å²) in [7, 11) is 0. The van der Waals surface area contributed by atoms with Gasteiger partial charge in [0.05, 0.1) is 12.2 Å². The Balaban J connectivity index is 1.05. The molecule has 53 heavy (non-hydrogen) atoms. The summed E-state index contributed by atoms with van der Waals surface area (Å²) in [6.45, 7) is 3.72. The summed E-state index contributed by atoms with van der Waals surface area (Å²) in [5, 5.41) is 34.9. The zero-order valence-electron chi connectivity index (χ0n) is 30.5. The highest BCUT2D eigenvalue weighted by molar-refractivity contribution is 6.04. The highest BCUT2D eigenvalue weighted by Crippen LogP contribution is 2.44. The number of anilines is 1. The number of nitrogens with zero attached hydrogens (tertiary/aromatic N) is 2. The molecule has 2 aromatic carbocycles. The van der Waals surface area contributed by atoms with Crippen LogP contribution in [0.2, 0.25) is 0 Å². The van der Waals surface area contributed by atoms with Crippen LogP contribution in [0.3, 0.4) is 0 Å². The topological polar surface area (TPSA) is 162 Å². The van der Waals surface area contributed by atoms with E-state index in [2.05, 4.69) is 20.6 Å². The van der Waals surface area contributed by atoms with E-state index < -0.39 is 24.2 Å². The largest absolute Gasteiger partial charge is 0.480 e. The van der Waals surface area contributed by atoms with Crippen molar-refractivity contribution < 1.29 is 29.7 Å². The van der Waals surface area contributed by atoms with Crippen molar-refractivity contribution in [1.82, 2.24) is 15.3 Å². The molecule has 0 aliphatic heterocycles. The molecule has 1 amide bonds. The van der Waals surface area contributed by atoms with Crippen molar-refractivity contribution in [2.75, 3.05) is 11.9 Å². The van der Waals surface area contributed by atoms with E-state index in [1.54, 1.807) is 6.20 Å². The quantitative estimate of drug-likeness (QED) is 0.0761. The van der Waals surface area contributed by atoms with Gasteiger partial charge in [-0.3, -0.25) is 29.7 Å². The minimum absolute atomic E-state index is 0.104. The fourth-order valence-corrected chi connectivity index (χ4v) is 7.33. The van der Waals surface area contributed by atoms with Gasteiger partial charge < -0.3 is 20.6 Å². The summed E-state index contributed by atoms with van der Waals surface area (Å²) >= 11 is 0. The first-order valence-electron chi connectivity index (χ1n) is 18.8. The van der Waals surface area contributed by atoms with Crippen molar-refractivity contribution in [2.45, 2.75) is 108 Å². The van der Waals surface area contributed by atoms with Crippen LogP contribution in [0.25, 0.3) is 11.1 Å². The first-order valence-corrected chi connectivity index (χ1v) is 18.8. The number of aromatic nitrogens is 2. The number of benzene rings is 2. The molecule has 4 aromatic rings. The first kappa shape index (κ1) is 36.6. The number of nitrogens with one attached hydrogen (secondary N) is 2. The number of carboxylic acids is 1. The van der Waals surface area contributed by atoms with Gasteiger partial charge in [0, 0.05) is 31.0 Å². The number of Topliss-reactive ketones (excluding diaryl/α,β-unsaturated/α-hetero) is 1. The Labute approximate surface area is 310 Å². The first-order chi connectivity index (χ1) is 25.5. The number of ketones is 1. The third kappa shape index (κ3) is 8.56. The lowest BCUT2D eigenvalue weighted by molar-refractivity contribution is -0.140. The number of aryl methyl sites for hydroxylation is 1. The summed E-state index contributed by atoms with van der Waals surface area (Å²) in [5.74, 6) is -0.696. The van der Waals surface area contributed by atoms with E-state index >= 15 is 0 Å². The summed E-state index contributed by atoms with van der Waals surface area (Å²) in [4.78, 5) is 47.6. The lowest BCUT2D eigenvalue weighted by atomic mass is 9.90. The van der Waals surface area contributed by atoms with Crippen LogP contribution in [0.1, 0.15) is 123 Å². The van der Waals surface area contributed by atoms with Crippen molar-refractivity contribution >= 4 is 23.3 Å². The standard InChI is InChI=1S/C43H48N4O6/c1-25-29(18-40(49)37-19-35(28-13-14-28)31(22-44-37)23-46-39(24-48)42(51)52)6-3-8-32(25)33-9-4-10-36(26(33)2)47-41(50)38-20-34(27-11-12-27)30(21-45-38)7-5-15-43(53)16-17-43/h3-4,6,8-10,19-22,27-28,39,46,48,53H,5,7,11-18,23-24H2,1-2H3,(H,47,50)(H,51,52)/t39-/m1/s1. The molecule has 10 nitrogen and oxygen atoms in total. The third-order valence-electron chi connectivity index (χ3n) is 11.2. The molecular formula is C43H48N4O6. The highest BCUT2D eigenvalue weighted by atomic mass is 16.4. The average Bonchev–Trinajstić information content (AvgIpc) is 4.00. The van der Waals surface area contributed by atoms with Crippen molar-refractivity contribution in [3.63, 3.8) is 0 Å². The molecule has 0 unspecified atom stereocenters. The maximum absolute atomic E-state index is 13.6. The van der Waals surface area contributed by atoms with Crippen LogP contribution < -0.4 is 10.6 Å². The van der Waals surface area contributed by atoms with Crippen LogP contribution in [0, 0.1) is 13.8 Å². The third-order valence-corrected chi connectivity index (χ3v) is 11.2. The Morgan fingerprint density at radius 2 is 1.47 bits per heavy atom. The normalized spacial score (nSPS) is 16.6. The van der Waals surface area contributed by atoms with E-state index in [1.807, 2.05) is 68.6 Å². The second-order valence-corrected chi connectivity index (χ2v) is 15.2. The zero-order valence-corrected chi connectivity index (χ0v) is 30.5. The van der Waals surface area contributed by atoms with Gasteiger partial charge in [-0.05, 0) is 152 Å². The number of amides is 1. The summed E-state index contributed by atoms with van der Waals surface area (Å²) in [5.41, 5.74) is 9.94. The van der Waals surface area contributed by atoms with Crippen molar-refractivity contribution in [3.8, 4) is 11.1 Å². The Morgan fingerprint density at radius 1 is 0.849 bits per heavy atom. The van der Waals surface area contributed by atoms with Crippen LogP contribution in [0.4, 0.5) is 5.69 Å². The summed E-state index contributed by atoms with van der Waals surface area (Å²) in [6, 6.07) is 14.5. The number of rotatable bonds is 17. The van der Waals surface area contributed by atoms with Crippen LogP contribution >= 0.6 is 0 Å². The fraction of sp³-hybridized carbons (Fsp3) is 0.419. The number of aliphatic hydroxyl groups is 2. The Kier molecular flexibility index (Phi) is 10.6. The molecule has 2 aromatic heterocycles. The highest BCUT2D eigenvalue weighted by Gasteiger charge is 2.39. The van der Waals surface area contributed by atoms with E-state index in [0.717, 1.165) is 96.7 Å². The molecule has 3 aliphatic rings. The fourth-order valence-electron chi connectivity index (χ4n) is 7.33. The number of pyridine rings is 2. The van der Waals surface area contributed by atoms with E-state index in [4.69, 9.17) is 0 Å². The predicted octanol–water partition coefficient (Wildman–Crippen LogP) is 6.58. The Morgan fingerprint density at radius 3 is 2.13 bits per heavy atom. The van der Waals surface area contributed by atoms with Gasteiger partial charge in [-0.25, -0.2) is 0 Å². The van der Waals surface area contributed by atoms with E-state index in [9.17, 15) is 29.7 Å². The molecule has 0 radical (unpaired) electrons. The molecule has 2 heterocycles. The van der Waals surface area contributed by atoms with Crippen molar-refractivity contribution in [1.29, 1.82) is 0 Å². The van der Waals surface area contributed by atoms with Crippen LogP contribution in [0.5, 0.6) is 0 Å². The molecule has 276 valence electrons. The Bertz CT molecular complexity index is 2050. The molecule has 3 saturated carbocycles. The average molecular weight is 717 g/mol. The van der Waals surface area contributed by atoms with E-state index in [-0.39, 0.29) is 24.7 Å². The zero-order chi connectivity index (χ0) is 37.3. The molecule has 7 rings (SSSR count). The van der Waals surface area contributed by atoms with Crippen molar-refractivity contribution in [2.24, 2.45) is 0 Å². The molecule has 0 bridgehead atoms. The summed E-state index contributed by atoms with van der Waals surface area (Å²) < 4.78 is 0. The molecule has 3 aliphatic carbocycles. The van der Waals surface area contributed by atoms with Gasteiger partial charge in [0.15, 0.2) is 5.78 Å². The van der Waals surface area contributed by atoms with Gasteiger partial charge in [-0.1, -0.05) is 30.3 Å². The lowest BCUT2D eigenvalue weighted by Gasteiger charge is -2.17. The van der Waals surface area contributed by atoms with E-state index in [1.165, 1.54) is 11.1 Å². The number of carbonyl (C=O) groups excluding carboxylic acids is 2. The predicted molar refractivity (Wildman–Crippen MR) is 202 cm³/mol. The molecular weight excluding hydrogens is 668 g/mol. The number of aliphatic hydroxyl groups excluding tert-OH is 1. The monoisotopic (exact) mass is 716 g/mol. The number of aliphatic carboxylic acids is 1. The maximum atomic E-state index is 13.6. The van der Waals surface area contributed by atoms with Gasteiger partial charge in [0.2, 0.25) is 0 Å². The minimum Gasteiger partial charge on any atom is -0.480 e. The number of carbonyl (C=O) groups is 3. The second kappa shape index (κ2) is 15.3. The SMILES string of the molecule is Cc1c(CC(=O)c2cc(C3CC3)c(CN[C@H](CO)C(=O)O)cn2)cccc1-c1cccc(NC(=O)c2cc(C3CC3)c(CCCC3(O)CC3)cn2)c1C. The second-order valence-electron chi connectivity index (χ2n) is 15.2. The number of hydrogen-bond donors (Lipinski definition) is 5. The number of hydrogen-bond acceptors (Lipinski definition) is 8. The molecule has 3 fully saturated rings. The van der Waals surface area contributed by atoms with Gasteiger partial charge in [-0.2, -0.15) is 0 Å². The van der Waals surface area contributed by atoms with Crippen LogP contribution in [-0.4, -0.2) is 61.2 Å². The van der Waals surface area contributed by atoms with Crippen molar-refractivity contribution in [3.05, 3.63) is 111 Å². The van der Waals surface area contributed by atoms with Gasteiger partial charge in [0.25, 0.3) is 5.91 Å². The smallest absolute Gasteiger partial charge is 0.323 e. The van der Waals surface area contributed by atoms with Gasteiger partial charge >= 0.3 is 5.97 Å². The molecule has 0 spiro atoms. The maximum Gasteiger partial charge on any atom is 0.323 e. The van der Waals surface area contributed by atoms with Crippen LogP contribution in [-0.2, 0) is 24.2 Å². The minimum atomic E-state index is -1.12. The molecule has 0 saturated heterocycles. The molecule has 1 atom stereocenters. The Hall–Kier alpha value is -4.77. The van der Waals surface area contributed by atoms with Gasteiger partial charge in [0.1, 0.15) is 17.4 Å². The lowest BCUT2D eigenvalue weighted by Crippen LogP contribution is -2.39. The molecule has 10 heteroatoms. The number of carboxylic acid groups (broad SMARTS) is 1. The molecule has 5 N–H and O–H groups in total. The van der Waals surface area contributed by atoms with Crippen LogP contribution in [0.15, 0.2) is 60.9 Å². The van der Waals surface area contributed by atoms with Gasteiger partial charge in [-0.15, -0.1) is 0 Å². The van der Waals surface area contributed by atoms with E-state index in [0.29, 0.717) is 28.9 Å². The summed E-state index contributed by atoms with van der Waals surface area (Å²) in [6.07, 6.45) is 12.3.